The molecule has 0 amide bonds. The van der Waals surface area contributed by atoms with Crippen LogP contribution in [-0.4, -0.2) is 22.8 Å². The van der Waals surface area contributed by atoms with E-state index in [9.17, 15) is 21.6 Å². The summed E-state index contributed by atoms with van der Waals surface area (Å²) in [7, 11) is -8.14. The highest BCUT2D eigenvalue weighted by molar-refractivity contribution is 7.92. The number of hydrogen-bond acceptors (Lipinski definition) is 6. The summed E-state index contributed by atoms with van der Waals surface area (Å²) in [6.45, 7) is 2.89. The highest BCUT2D eigenvalue weighted by Gasteiger charge is 2.29. The first-order chi connectivity index (χ1) is 14.2. The zero-order valence-electron chi connectivity index (χ0n) is 16.4. The maximum Gasteiger partial charge on any atom is 0.308 e. The van der Waals surface area contributed by atoms with Gasteiger partial charge in [0.1, 0.15) is 10.6 Å². The van der Waals surface area contributed by atoms with Gasteiger partial charge in [-0.25, -0.2) is 16.8 Å². The number of aryl methyl sites for hydroxylation is 1. The molecule has 0 unspecified atom stereocenters. The average Bonchev–Trinajstić information content (AvgIpc) is 2.74. The summed E-state index contributed by atoms with van der Waals surface area (Å²) >= 11 is 0. The van der Waals surface area contributed by atoms with Gasteiger partial charge in [0, 0.05) is 6.92 Å². The number of carbonyl (C=O) groups is 1. The van der Waals surface area contributed by atoms with Crippen LogP contribution in [0.4, 0.5) is 0 Å². The van der Waals surface area contributed by atoms with Crippen molar-refractivity contribution in [3.8, 4) is 5.75 Å². The van der Waals surface area contributed by atoms with Crippen LogP contribution in [0.15, 0.2) is 92.4 Å². The maximum absolute atomic E-state index is 13.3. The molecule has 8 heteroatoms. The summed E-state index contributed by atoms with van der Waals surface area (Å²) in [5, 5.41) is 0. The quantitative estimate of drug-likeness (QED) is 0.423. The van der Waals surface area contributed by atoms with Gasteiger partial charge in [0.15, 0.2) is 0 Å². The average molecular weight is 445 g/mol. The summed E-state index contributed by atoms with van der Waals surface area (Å²) in [5.74, 6) is -0.907. The molecule has 0 aromatic heterocycles. The van der Waals surface area contributed by atoms with E-state index in [4.69, 9.17) is 4.74 Å². The molecule has 3 aromatic carbocycles. The van der Waals surface area contributed by atoms with E-state index < -0.39 is 25.6 Å². The molecule has 0 bridgehead atoms. The normalized spacial score (nSPS) is 11.8. The zero-order valence-corrected chi connectivity index (χ0v) is 18.0. The van der Waals surface area contributed by atoms with E-state index in [1.165, 1.54) is 30.3 Å². The monoisotopic (exact) mass is 444 g/mol. The van der Waals surface area contributed by atoms with Crippen molar-refractivity contribution < 1.29 is 26.4 Å². The summed E-state index contributed by atoms with van der Waals surface area (Å²) in [6.07, 6.45) is 0.293. The van der Waals surface area contributed by atoms with Crippen molar-refractivity contribution in [1.29, 1.82) is 0 Å². The second kappa shape index (κ2) is 8.41. The Morgan fingerprint density at radius 2 is 1.23 bits per heavy atom. The molecule has 30 heavy (non-hydrogen) atoms. The number of esters is 1. The van der Waals surface area contributed by atoms with Crippen molar-refractivity contribution in [1.82, 2.24) is 0 Å². The molecule has 0 saturated carbocycles. The Morgan fingerprint density at radius 3 is 1.67 bits per heavy atom. The van der Waals surface area contributed by atoms with Gasteiger partial charge >= 0.3 is 5.97 Å². The zero-order chi connectivity index (χ0) is 21.9. The number of benzene rings is 3. The molecular formula is C22H20O6S2. The fourth-order valence-electron chi connectivity index (χ4n) is 3.01. The third kappa shape index (κ3) is 4.15. The van der Waals surface area contributed by atoms with Crippen LogP contribution in [0.1, 0.15) is 19.4 Å². The van der Waals surface area contributed by atoms with Crippen molar-refractivity contribution >= 4 is 25.6 Å². The highest BCUT2D eigenvalue weighted by atomic mass is 32.2. The Balaban J connectivity index is 2.34. The molecule has 0 aliphatic rings. The molecule has 0 radical (unpaired) electrons. The van der Waals surface area contributed by atoms with Crippen molar-refractivity contribution in [2.75, 3.05) is 0 Å². The smallest absolute Gasteiger partial charge is 0.308 e. The predicted molar refractivity (Wildman–Crippen MR) is 111 cm³/mol. The van der Waals surface area contributed by atoms with Gasteiger partial charge in [-0.15, -0.1) is 0 Å². The predicted octanol–water partition coefficient (Wildman–Crippen LogP) is 3.84. The molecule has 156 valence electrons. The Labute approximate surface area is 176 Å². The van der Waals surface area contributed by atoms with Crippen LogP contribution >= 0.6 is 0 Å². The minimum absolute atomic E-state index is 0.0364. The molecule has 0 saturated heterocycles. The second-order valence-corrected chi connectivity index (χ2v) is 10.3. The lowest BCUT2D eigenvalue weighted by atomic mass is 10.1. The fraction of sp³-hybridized carbons (Fsp3) is 0.136. The number of sulfone groups is 2. The Morgan fingerprint density at radius 1 is 0.767 bits per heavy atom. The minimum atomic E-state index is -4.15. The van der Waals surface area contributed by atoms with Crippen molar-refractivity contribution in [2.45, 2.75) is 39.9 Å². The van der Waals surface area contributed by atoms with Gasteiger partial charge in [0.05, 0.1) is 14.7 Å². The van der Waals surface area contributed by atoms with Gasteiger partial charge in [-0.2, -0.15) is 0 Å². The molecule has 0 heterocycles. The van der Waals surface area contributed by atoms with Gasteiger partial charge in [-0.3, -0.25) is 4.79 Å². The van der Waals surface area contributed by atoms with E-state index >= 15 is 0 Å². The third-order valence-electron chi connectivity index (χ3n) is 4.45. The summed E-state index contributed by atoms with van der Waals surface area (Å²) < 4.78 is 58.2. The number of ether oxygens (including phenoxy) is 1. The number of rotatable bonds is 6. The fourth-order valence-corrected chi connectivity index (χ4v) is 6.08. The standard InChI is InChI=1S/C22H20O6S2/c1-3-17-14-20(28-16(2)23)22(30(26,27)19-12-8-5-9-13-19)15-21(17)29(24,25)18-10-6-4-7-11-18/h4-15H,3H2,1-2H3. The van der Waals surface area contributed by atoms with E-state index in [0.29, 0.717) is 12.0 Å². The summed E-state index contributed by atoms with van der Waals surface area (Å²) in [5.41, 5.74) is 0.349. The van der Waals surface area contributed by atoms with E-state index in [1.807, 2.05) is 0 Å². The lowest BCUT2D eigenvalue weighted by Crippen LogP contribution is -2.13. The lowest BCUT2D eigenvalue weighted by Gasteiger charge is -2.16. The largest absolute Gasteiger partial charge is 0.425 e. The van der Waals surface area contributed by atoms with Gasteiger partial charge in [-0.05, 0) is 48.4 Å². The van der Waals surface area contributed by atoms with Gasteiger partial charge < -0.3 is 4.74 Å². The van der Waals surface area contributed by atoms with Crippen LogP contribution in [0.25, 0.3) is 0 Å². The van der Waals surface area contributed by atoms with Gasteiger partial charge in [-0.1, -0.05) is 43.3 Å². The van der Waals surface area contributed by atoms with Crippen molar-refractivity contribution in [3.05, 3.63) is 78.4 Å². The highest BCUT2D eigenvalue weighted by Crippen LogP contribution is 2.36. The topological polar surface area (TPSA) is 94.6 Å². The molecule has 0 N–H and O–H groups in total. The molecule has 0 aliphatic heterocycles. The van der Waals surface area contributed by atoms with E-state index in [1.54, 1.807) is 43.3 Å². The van der Waals surface area contributed by atoms with Gasteiger partial charge in [0.25, 0.3) is 0 Å². The van der Waals surface area contributed by atoms with E-state index in [2.05, 4.69) is 0 Å². The van der Waals surface area contributed by atoms with Crippen molar-refractivity contribution in [2.24, 2.45) is 0 Å². The molecule has 6 nitrogen and oxygen atoms in total. The number of hydrogen-bond donors (Lipinski definition) is 0. The van der Waals surface area contributed by atoms with Crippen LogP contribution in [0.5, 0.6) is 5.75 Å². The van der Waals surface area contributed by atoms with Crippen LogP contribution in [-0.2, 0) is 30.9 Å². The third-order valence-corrected chi connectivity index (χ3v) is 8.09. The Bertz CT molecular complexity index is 1280. The van der Waals surface area contributed by atoms with Gasteiger partial charge in [0.2, 0.25) is 19.7 Å². The summed E-state index contributed by atoms with van der Waals surface area (Å²) in [6, 6.07) is 17.7. The molecule has 0 atom stereocenters. The van der Waals surface area contributed by atoms with E-state index in [0.717, 1.165) is 13.0 Å². The Hall–Kier alpha value is -2.97. The molecule has 0 fully saturated rings. The first kappa shape index (κ1) is 21.7. The summed E-state index contributed by atoms with van der Waals surface area (Å²) in [4.78, 5) is 11.1. The Kier molecular flexibility index (Phi) is 6.09. The molecular weight excluding hydrogens is 424 g/mol. The van der Waals surface area contributed by atoms with Crippen LogP contribution in [0.2, 0.25) is 0 Å². The first-order valence-corrected chi connectivity index (χ1v) is 12.1. The first-order valence-electron chi connectivity index (χ1n) is 9.13. The van der Waals surface area contributed by atoms with Crippen LogP contribution < -0.4 is 4.74 Å². The molecule has 3 rings (SSSR count). The van der Waals surface area contributed by atoms with Crippen LogP contribution in [0, 0.1) is 0 Å². The minimum Gasteiger partial charge on any atom is -0.425 e. The SMILES string of the molecule is CCc1cc(OC(C)=O)c(S(=O)(=O)c2ccccc2)cc1S(=O)(=O)c1ccccc1. The number of carbonyl (C=O) groups excluding carboxylic acids is 1. The second-order valence-electron chi connectivity index (χ2n) is 6.49. The molecule has 0 aliphatic carbocycles. The maximum atomic E-state index is 13.3. The molecule has 0 spiro atoms. The van der Waals surface area contributed by atoms with Crippen LogP contribution in [0.3, 0.4) is 0 Å². The van der Waals surface area contributed by atoms with Crippen molar-refractivity contribution in [3.63, 3.8) is 0 Å². The van der Waals surface area contributed by atoms with E-state index in [-0.39, 0.29) is 25.3 Å². The molecule has 3 aromatic rings. The lowest BCUT2D eigenvalue weighted by molar-refractivity contribution is -0.132.